The van der Waals surface area contributed by atoms with Gasteiger partial charge in [-0.3, -0.25) is 10.6 Å². The molecule has 0 aromatic heterocycles. The molecule has 0 saturated heterocycles. The summed E-state index contributed by atoms with van der Waals surface area (Å²) in [5, 5.41) is 0. The summed E-state index contributed by atoms with van der Waals surface area (Å²) < 4.78 is 5.07. The van der Waals surface area contributed by atoms with Crippen molar-refractivity contribution in [1.29, 1.82) is 0 Å². The van der Waals surface area contributed by atoms with Gasteiger partial charge < -0.3 is 4.74 Å². The summed E-state index contributed by atoms with van der Waals surface area (Å²) in [4.78, 5) is 10.5. The Morgan fingerprint density at radius 2 is 2.46 bits per heavy atom. The lowest BCUT2D eigenvalue weighted by atomic mass is 10.2. The average molecular weight is 180 g/mol. The van der Waals surface area contributed by atoms with Crippen molar-refractivity contribution in [1.82, 2.24) is 5.43 Å². The standard InChI is InChI=1S/C9H12N2O2/c1-13-9-5-7(6-12)3-2-4-8(9)11-10/h2-6,8,11H,10H2,1H3. The van der Waals surface area contributed by atoms with Gasteiger partial charge in [-0.1, -0.05) is 18.2 Å². The molecule has 0 aliphatic heterocycles. The Morgan fingerprint density at radius 3 is 3.00 bits per heavy atom. The van der Waals surface area contributed by atoms with Gasteiger partial charge in [0.2, 0.25) is 0 Å². The molecule has 0 aromatic rings. The number of hydrogen-bond acceptors (Lipinski definition) is 4. The van der Waals surface area contributed by atoms with Crippen LogP contribution in [0.15, 0.2) is 35.6 Å². The predicted molar refractivity (Wildman–Crippen MR) is 49.5 cm³/mol. The molecule has 0 bridgehead atoms. The van der Waals surface area contributed by atoms with Crippen LogP contribution in [0, 0.1) is 0 Å². The summed E-state index contributed by atoms with van der Waals surface area (Å²) in [6.07, 6.45) is 7.69. The second kappa shape index (κ2) is 4.59. The van der Waals surface area contributed by atoms with Crippen LogP contribution in [0.3, 0.4) is 0 Å². The summed E-state index contributed by atoms with van der Waals surface area (Å²) >= 11 is 0. The molecule has 1 unspecified atom stereocenters. The van der Waals surface area contributed by atoms with Crippen LogP contribution in [0.4, 0.5) is 0 Å². The molecular weight excluding hydrogens is 168 g/mol. The van der Waals surface area contributed by atoms with E-state index in [1.807, 2.05) is 6.08 Å². The van der Waals surface area contributed by atoms with Gasteiger partial charge >= 0.3 is 0 Å². The monoisotopic (exact) mass is 180 g/mol. The van der Waals surface area contributed by atoms with Crippen molar-refractivity contribution in [3.63, 3.8) is 0 Å². The Hall–Kier alpha value is -1.39. The topological polar surface area (TPSA) is 64.3 Å². The fraction of sp³-hybridized carbons (Fsp3) is 0.222. The quantitative estimate of drug-likeness (QED) is 0.366. The summed E-state index contributed by atoms with van der Waals surface area (Å²) in [7, 11) is 1.54. The van der Waals surface area contributed by atoms with Crippen LogP contribution in [0.5, 0.6) is 0 Å². The first-order valence-corrected chi connectivity index (χ1v) is 3.87. The molecule has 0 aromatic carbocycles. The van der Waals surface area contributed by atoms with E-state index in [9.17, 15) is 4.79 Å². The lowest BCUT2D eigenvalue weighted by Gasteiger charge is -2.13. The molecule has 0 saturated carbocycles. The maximum Gasteiger partial charge on any atom is 0.150 e. The Morgan fingerprint density at radius 1 is 1.69 bits per heavy atom. The fourth-order valence-electron chi connectivity index (χ4n) is 1.07. The first-order chi connectivity index (χ1) is 6.31. The normalized spacial score (nSPS) is 21.5. The van der Waals surface area contributed by atoms with Gasteiger partial charge in [0.15, 0.2) is 0 Å². The van der Waals surface area contributed by atoms with Crippen molar-refractivity contribution in [2.75, 3.05) is 7.11 Å². The summed E-state index contributed by atoms with van der Waals surface area (Å²) in [6, 6.07) is -0.182. The largest absolute Gasteiger partial charge is 0.499 e. The molecular formula is C9H12N2O2. The van der Waals surface area contributed by atoms with Crippen LogP contribution < -0.4 is 11.3 Å². The second-order valence-corrected chi connectivity index (χ2v) is 2.56. The van der Waals surface area contributed by atoms with Gasteiger partial charge in [0.25, 0.3) is 0 Å². The summed E-state index contributed by atoms with van der Waals surface area (Å²) in [6.45, 7) is 0. The third-order valence-electron chi connectivity index (χ3n) is 1.76. The van der Waals surface area contributed by atoms with E-state index in [0.29, 0.717) is 11.3 Å². The SMILES string of the molecule is COC1=CC(C=O)=CC=CC1NN. The third-order valence-corrected chi connectivity index (χ3v) is 1.76. The first-order valence-electron chi connectivity index (χ1n) is 3.87. The molecule has 4 nitrogen and oxygen atoms in total. The Kier molecular flexibility index (Phi) is 3.42. The number of nitrogens with two attached hydrogens (primary N) is 1. The van der Waals surface area contributed by atoms with Crippen LogP contribution in [-0.2, 0) is 9.53 Å². The van der Waals surface area contributed by atoms with Gasteiger partial charge in [-0.15, -0.1) is 0 Å². The summed E-state index contributed by atoms with van der Waals surface area (Å²) in [5.74, 6) is 5.91. The van der Waals surface area contributed by atoms with E-state index in [1.165, 1.54) is 7.11 Å². The van der Waals surface area contributed by atoms with E-state index >= 15 is 0 Å². The lowest BCUT2D eigenvalue weighted by Crippen LogP contribution is -2.35. The highest BCUT2D eigenvalue weighted by Gasteiger charge is 2.11. The minimum Gasteiger partial charge on any atom is -0.499 e. The molecule has 0 radical (unpaired) electrons. The van der Waals surface area contributed by atoms with E-state index in [4.69, 9.17) is 10.6 Å². The molecule has 13 heavy (non-hydrogen) atoms. The van der Waals surface area contributed by atoms with Crippen molar-refractivity contribution in [3.05, 3.63) is 35.6 Å². The average Bonchev–Trinajstić information content (AvgIpc) is 2.38. The zero-order chi connectivity index (χ0) is 9.68. The predicted octanol–water partition coefficient (Wildman–Crippen LogP) is 0.0437. The van der Waals surface area contributed by atoms with Crippen molar-refractivity contribution in [2.45, 2.75) is 6.04 Å². The maximum absolute atomic E-state index is 10.5. The summed E-state index contributed by atoms with van der Waals surface area (Å²) in [5.41, 5.74) is 3.12. The molecule has 70 valence electrons. The molecule has 1 aliphatic carbocycles. The van der Waals surface area contributed by atoms with E-state index < -0.39 is 0 Å². The fourth-order valence-corrected chi connectivity index (χ4v) is 1.07. The maximum atomic E-state index is 10.5. The van der Waals surface area contributed by atoms with Crippen molar-refractivity contribution < 1.29 is 9.53 Å². The highest BCUT2D eigenvalue weighted by atomic mass is 16.5. The smallest absolute Gasteiger partial charge is 0.150 e. The Bertz CT molecular complexity index is 279. The van der Waals surface area contributed by atoms with Crippen molar-refractivity contribution in [3.8, 4) is 0 Å². The number of aldehydes is 1. The number of hydrogen-bond donors (Lipinski definition) is 2. The number of nitrogens with one attached hydrogen (secondary N) is 1. The molecule has 0 spiro atoms. The molecule has 0 heterocycles. The first kappa shape index (κ1) is 9.70. The lowest BCUT2D eigenvalue weighted by molar-refractivity contribution is -0.104. The van der Waals surface area contributed by atoms with Crippen LogP contribution in [0.25, 0.3) is 0 Å². The van der Waals surface area contributed by atoms with E-state index in [2.05, 4.69) is 5.43 Å². The zero-order valence-corrected chi connectivity index (χ0v) is 7.36. The molecule has 4 heteroatoms. The molecule has 3 N–H and O–H groups in total. The molecule has 1 atom stereocenters. The van der Waals surface area contributed by atoms with Gasteiger partial charge in [0, 0.05) is 5.57 Å². The minimum atomic E-state index is -0.182. The third kappa shape index (κ3) is 2.27. The molecule has 0 amide bonds. The van der Waals surface area contributed by atoms with Crippen LogP contribution in [0.2, 0.25) is 0 Å². The number of carbonyl (C=O) groups excluding carboxylic acids is 1. The van der Waals surface area contributed by atoms with Gasteiger partial charge in [-0.05, 0) is 6.08 Å². The van der Waals surface area contributed by atoms with Gasteiger partial charge in [0.05, 0.1) is 13.2 Å². The highest BCUT2D eigenvalue weighted by molar-refractivity contribution is 5.78. The Balaban J connectivity index is 2.95. The van der Waals surface area contributed by atoms with E-state index in [1.54, 1.807) is 18.2 Å². The van der Waals surface area contributed by atoms with Crippen molar-refractivity contribution in [2.24, 2.45) is 5.84 Å². The van der Waals surface area contributed by atoms with Crippen molar-refractivity contribution >= 4 is 6.29 Å². The minimum absolute atomic E-state index is 0.182. The van der Waals surface area contributed by atoms with E-state index in [0.717, 1.165) is 6.29 Å². The van der Waals surface area contributed by atoms with E-state index in [-0.39, 0.29) is 6.04 Å². The number of allylic oxidation sites excluding steroid dienone is 4. The number of rotatable bonds is 3. The number of carbonyl (C=O) groups is 1. The van der Waals surface area contributed by atoms with Crippen LogP contribution in [-0.4, -0.2) is 19.4 Å². The Labute approximate surface area is 76.7 Å². The van der Waals surface area contributed by atoms with Crippen LogP contribution in [0.1, 0.15) is 0 Å². The number of hydrazine groups is 1. The van der Waals surface area contributed by atoms with Crippen LogP contribution >= 0.6 is 0 Å². The molecule has 1 rings (SSSR count). The number of methoxy groups -OCH3 is 1. The number of ether oxygens (including phenoxy) is 1. The van der Waals surface area contributed by atoms with Gasteiger partial charge in [-0.2, -0.15) is 0 Å². The zero-order valence-electron chi connectivity index (χ0n) is 7.36. The second-order valence-electron chi connectivity index (χ2n) is 2.56. The van der Waals surface area contributed by atoms with Gasteiger partial charge in [0.1, 0.15) is 12.0 Å². The van der Waals surface area contributed by atoms with Gasteiger partial charge in [-0.25, -0.2) is 5.43 Å². The molecule has 1 aliphatic rings. The molecule has 0 fully saturated rings. The highest BCUT2D eigenvalue weighted by Crippen LogP contribution is 2.11.